The number of anilines is 1. The molecule has 3 heterocycles. The monoisotopic (exact) mass is 402 g/mol. The number of alkyl halides is 3. The van der Waals surface area contributed by atoms with Gasteiger partial charge >= 0.3 is 6.18 Å². The van der Waals surface area contributed by atoms with Gasteiger partial charge in [-0.15, -0.1) is 10.2 Å². The molecule has 3 aromatic rings. The lowest BCUT2D eigenvalue weighted by atomic mass is 10.1. The molecule has 0 radical (unpaired) electrons. The summed E-state index contributed by atoms with van der Waals surface area (Å²) >= 11 is 0. The zero-order chi connectivity index (χ0) is 20.4. The summed E-state index contributed by atoms with van der Waals surface area (Å²) < 4.78 is 40.4. The van der Waals surface area contributed by atoms with Gasteiger partial charge in [-0.1, -0.05) is 6.07 Å². The molecule has 4 rings (SSSR count). The number of nitrogens with zero attached hydrogens (tertiary/aromatic N) is 6. The van der Waals surface area contributed by atoms with Crippen LogP contribution in [-0.4, -0.2) is 56.7 Å². The highest BCUT2D eigenvalue weighted by atomic mass is 19.4. The van der Waals surface area contributed by atoms with Crippen LogP contribution in [0.2, 0.25) is 0 Å². The number of hydrogen-bond donors (Lipinski definition) is 0. The van der Waals surface area contributed by atoms with Crippen LogP contribution in [0.15, 0.2) is 55.1 Å². The van der Waals surface area contributed by atoms with Gasteiger partial charge < -0.3 is 9.80 Å². The largest absolute Gasteiger partial charge is 0.416 e. The second-order valence-electron chi connectivity index (χ2n) is 6.57. The van der Waals surface area contributed by atoms with Crippen LogP contribution in [-0.2, 0) is 6.18 Å². The van der Waals surface area contributed by atoms with Crippen LogP contribution in [0.3, 0.4) is 0 Å². The summed E-state index contributed by atoms with van der Waals surface area (Å²) in [5, 5.41) is 8.04. The highest BCUT2D eigenvalue weighted by Gasteiger charge is 2.31. The van der Waals surface area contributed by atoms with Gasteiger partial charge in [-0.3, -0.25) is 9.36 Å². The summed E-state index contributed by atoms with van der Waals surface area (Å²) in [6.45, 7) is 1.65. The van der Waals surface area contributed by atoms with E-state index in [2.05, 4.69) is 15.2 Å². The first kappa shape index (κ1) is 18.9. The van der Waals surface area contributed by atoms with E-state index in [0.29, 0.717) is 37.7 Å². The number of carbonyl (C=O) groups is 1. The summed E-state index contributed by atoms with van der Waals surface area (Å²) in [5.41, 5.74) is 0.0412. The SMILES string of the molecule is O=C(c1ccc(-n2ccnc2)nn1)N1CCN(c2cccc(C(F)(F)F)c2)CC1. The molecule has 0 atom stereocenters. The van der Waals surface area contributed by atoms with Crippen molar-refractivity contribution in [2.24, 2.45) is 0 Å². The van der Waals surface area contributed by atoms with Gasteiger partial charge in [0, 0.05) is 44.3 Å². The fourth-order valence-electron chi connectivity index (χ4n) is 3.18. The minimum absolute atomic E-state index is 0.224. The van der Waals surface area contributed by atoms with Crippen molar-refractivity contribution in [3.63, 3.8) is 0 Å². The molecule has 0 N–H and O–H groups in total. The van der Waals surface area contributed by atoms with Crippen molar-refractivity contribution in [3.05, 3.63) is 66.4 Å². The summed E-state index contributed by atoms with van der Waals surface area (Å²) in [5.74, 6) is 0.298. The fourth-order valence-corrected chi connectivity index (χ4v) is 3.18. The van der Waals surface area contributed by atoms with Crippen molar-refractivity contribution in [1.82, 2.24) is 24.6 Å². The molecule has 0 aliphatic carbocycles. The van der Waals surface area contributed by atoms with E-state index in [9.17, 15) is 18.0 Å². The van der Waals surface area contributed by atoms with Gasteiger partial charge in [0.1, 0.15) is 6.33 Å². The first-order valence-corrected chi connectivity index (χ1v) is 8.95. The molecule has 150 valence electrons. The maximum atomic E-state index is 12.9. The molecule has 1 aliphatic rings. The van der Waals surface area contributed by atoms with E-state index < -0.39 is 11.7 Å². The molecule has 0 saturated carbocycles. The van der Waals surface area contributed by atoms with E-state index in [1.807, 2.05) is 4.90 Å². The molecule has 7 nitrogen and oxygen atoms in total. The number of halogens is 3. The number of hydrogen-bond acceptors (Lipinski definition) is 5. The molecule has 0 bridgehead atoms. The molecule has 1 aromatic carbocycles. The topological polar surface area (TPSA) is 67.2 Å². The fraction of sp³-hybridized carbons (Fsp3) is 0.263. The summed E-state index contributed by atoms with van der Waals surface area (Å²) in [6.07, 6.45) is 0.539. The Morgan fingerprint density at radius 2 is 1.79 bits per heavy atom. The smallest absolute Gasteiger partial charge is 0.368 e. The van der Waals surface area contributed by atoms with Crippen molar-refractivity contribution >= 4 is 11.6 Å². The van der Waals surface area contributed by atoms with E-state index in [-0.39, 0.29) is 11.6 Å². The molecule has 29 heavy (non-hydrogen) atoms. The number of carbonyl (C=O) groups excluding carboxylic acids is 1. The first-order valence-electron chi connectivity index (χ1n) is 8.95. The van der Waals surface area contributed by atoms with Crippen LogP contribution in [0, 0.1) is 0 Å². The Balaban J connectivity index is 1.40. The van der Waals surface area contributed by atoms with E-state index in [1.54, 1.807) is 46.4 Å². The summed E-state index contributed by atoms with van der Waals surface area (Å²) in [7, 11) is 0. The molecule has 1 aliphatic heterocycles. The van der Waals surface area contributed by atoms with Crippen molar-refractivity contribution in [2.45, 2.75) is 6.18 Å². The van der Waals surface area contributed by atoms with E-state index in [0.717, 1.165) is 12.1 Å². The number of amides is 1. The molecule has 10 heteroatoms. The van der Waals surface area contributed by atoms with E-state index in [1.165, 1.54) is 6.07 Å². The minimum atomic E-state index is -4.38. The maximum Gasteiger partial charge on any atom is 0.416 e. The second kappa shape index (κ2) is 7.53. The number of piperazine rings is 1. The van der Waals surface area contributed by atoms with Crippen molar-refractivity contribution in [1.29, 1.82) is 0 Å². The third kappa shape index (κ3) is 4.05. The zero-order valence-corrected chi connectivity index (χ0v) is 15.3. The molecule has 0 unspecified atom stereocenters. The number of rotatable bonds is 3. The average Bonchev–Trinajstić information content (AvgIpc) is 3.28. The summed E-state index contributed by atoms with van der Waals surface area (Å²) in [4.78, 5) is 20.1. The van der Waals surface area contributed by atoms with Gasteiger partial charge in [-0.25, -0.2) is 4.98 Å². The predicted molar refractivity (Wildman–Crippen MR) is 98.7 cm³/mol. The zero-order valence-electron chi connectivity index (χ0n) is 15.3. The molecule has 2 aromatic heterocycles. The highest BCUT2D eigenvalue weighted by Crippen LogP contribution is 2.31. The third-order valence-corrected chi connectivity index (χ3v) is 4.74. The lowest BCUT2D eigenvalue weighted by Crippen LogP contribution is -2.49. The van der Waals surface area contributed by atoms with Crippen LogP contribution >= 0.6 is 0 Å². The Hall–Kier alpha value is -3.43. The standard InChI is InChI=1S/C19H17F3N6O/c20-19(21,22)14-2-1-3-15(12-14)26-8-10-27(11-9-26)18(29)16-4-5-17(25-24-16)28-7-6-23-13-28/h1-7,12-13H,8-11H2. The van der Waals surface area contributed by atoms with Crippen molar-refractivity contribution < 1.29 is 18.0 Å². The normalized spacial score (nSPS) is 14.9. The Labute approximate surface area is 164 Å². The Morgan fingerprint density at radius 3 is 2.41 bits per heavy atom. The minimum Gasteiger partial charge on any atom is -0.368 e. The molecule has 1 amide bonds. The number of imidazole rings is 1. The molecular formula is C19H17F3N6O. The number of aromatic nitrogens is 4. The van der Waals surface area contributed by atoms with Gasteiger partial charge in [0.15, 0.2) is 11.5 Å². The predicted octanol–water partition coefficient (Wildman–Crippen LogP) is 2.64. The van der Waals surface area contributed by atoms with Crippen LogP contribution in [0.5, 0.6) is 0 Å². The van der Waals surface area contributed by atoms with Crippen molar-refractivity contribution in [3.8, 4) is 5.82 Å². The van der Waals surface area contributed by atoms with Gasteiger partial charge in [0.2, 0.25) is 0 Å². The third-order valence-electron chi connectivity index (χ3n) is 4.74. The highest BCUT2D eigenvalue weighted by molar-refractivity contribution is 5.92. The summed E-state index contributed by atoms with van der Waals surface area (Å²) in [6, 6.07) is 8.51. The average molecular weight is 402 g/mol. The quantitative estimate of drug-likeness (QED) is 0.674. The van der Waals surface area contributed by atoms with Gasteiger partial charge in [0.25, 0.3) is 5.91 Å². The Kier molecular flexibility index (Phi) is 4.91. The Bertz CT molecular complexity index is 980. The molecule has 0 spiro atoms. The van der Waals surface area contributed by atoms with E-state index >= 15 is 0 Å². The second-order valence-corrected chi connectivity index (χ2v) is 6.57. The van der Waals surface area contributed by atoms with Gasteiger partial charge in [0.05, 0.1) is 5.56 Å². The van der Waals surface area contributed by atoms with E-state index in [4.69, 9.17) is 0 Å². The molecule has 1 saturated heterocycles. The lowest BCUT2D eigenvalue weighted by Gasteiger charge is -2.36. The van der Waals surface area contributed by atoms with Crippen molar-refractivity contribution in [2.75, 3.05) is 31.1 Å². The van der Waals surface area contributed by atoms with Crippen LogP contribution in [0.4, 0.5) is 18.9 Å². The molecule has 1 fully saturated rings. The first-order chi connectivity index (χ1) is 13.9. The van der Waals surface area contributed by atoms with Crippen LogP contribution in [0.1, 0.15) is 16.1 Å². The number of benzene rings is 1. The molecular weight excluding hydrogens is 385 g/mol. The van der Waals surface area contributed by atoms with Crippen LogP contribution in [0.25, 0.3) is 5.82 Å². The van der Waals surface area contributed by atoms with Crippen LogP contribution < -0.4 is 4.90 Å². The van der Waals surface area contributed by atoms with Gasteiger partial charge in [-0.05, 0) is 30.3 Å². The lowest BCUT2D eigenvalue weighted by molar-refractivity contribution is -0.137. The Morgan fingerprint density at radius 1 is 1.00 bits per heavy atom. The van der Waals surface area contributed by atoms with Gasteiger partial charge in [-0.2, -0.15) is 13.2 Å². The maximum absolute atomic E-state index is 12.9.